The lowest BCUT2D eigenvalue weighted by molar-refractivity contribution is -0.137. The number of fused-ring (bicyclic) bond motifs is 1. The number of halogens is 3. The summed E-state index contributed by atoms with van der Waals surface area (Å²) >= 11 is 0. The van der Waals surface area contributed by atoms with Gasteiger partial charge in [-0.05, 0) is 34.4 Å². The molecule has 7 heteroatoms. The van der Waals surface area contributed by atoms with Crippen LogP contribution in [0, 0.1) is 0 Å². The minimum atomic E-state index is -4.36. The molecule has 25 heavy (non-hydrogen) atoms. The Kier molecular flexibility index (Phi) is 4.94. The maximum absolute atomic E-state index is 12.7. The Morgan fingerprint density at radius 2 is 1.88 bits per heavy atom. The van der Waals surface area contributed by atoms with Crippen LogP contribution in [0.1, 0.15) is 27.8 Å². The Morgan fingerprint density at radius 3 is 2.68 bits per heavy atom. The van der Waals surface area contributed by atoms with Gasteiger partial charge in [0.05, 0.1) is 25.3 Å². The highest BCUT2D eigenvalue weighted by Crippen LogP contribution is 2.29. The van der Waals surface area contributed by atoms with Crippen molar-refractivity contribution in [3.8, 4) is 0 Å². The molecule has 0 aromatic heterocycles. The second kappa shape index (κ2) is 7.14. The zero-order valence-corrected chi connectivity index (χ0v) is 13.4. The molecule has 4 nitrogen and oxygen atoms in total. The normalized spacial score (nSPS) is 14.4. The average molecular weight is 349 g/mol. The molecule has 1 heterocycles. The van der Waals surface area contributed by atoms with Gasteiger partial charge in [-0.2, -0.15) is 13.2 Å². The molecule has 3 rings (SSSR count). The number of alkyl halides is 3. The van der Waals surface area contributed by atoms with E-state index in [0.29, 0.717) is 25.3 Å². The van der Waals surface area contributed by atoms with Gasteiger partial charge in [0, 0.05) is 6.54 Å². The average Bonchev–Trinajstić information content (AvgIpc) is 3.05. The number of nitrogens with two attached hydrogens (primary N) is 1. The number of hydrogen-bond acceptors (Lipinski definition) is 2. The molecule has 0 amide bonds. The predicted octanol–water partition coefficient (Wildman–Crippen LogP) is 3.34. The van der Waals surface area contributed by atoms with Crippen molar-refractivity contribution in [2.75, 3.05) is 0 Å². The minimum Gasteiger partial charge on any atom is -0.372 e. The van der Waals surface area contributed by atoms with Crippen molar-refractivity contribution in [1.29, 1.82) is 0 Å². The zero-order chi connectivity index (χ0) is 17.9. The molecule has 0 spiro atoms. The van der Waals surface area contributed by atoms with Crippen molar-refractivity contribution in [2.24, 2.45) is 10.7 Å². The molecule has 0 saturated heterocycles. The summed E-state index contributed by atoms with van der Waals surface area (Å²) in [6.45, 7) is 1.83. The second-order valence-electron chi connectivity index (χ2n) is 5.85. The molecule has 0 atom stereocenters. The van der Waals surface area contributed by atoms with Crippen molar-refractivity contribution < 1.29 is 17.9 Å². The summed E-state index contributed by atoms with van der Waals surface area (Å²) in [6, 6.07) is 11.1. The van der Waals surface area contributed by atoms with E-state index in [4.69, 9.17) is 10.5 Å². The summed E-state index contributed by atoms with van der Waals surface area (Å²) in [5.41, 5.74) is 8.96. The Bertz CT molecular complexity index is 787. The van der Waals surface area contributed by atoms with Gasteiger partial charge in [-0.15, -0.1) is 0 Å². The second-order valence-corrected chi connectivity index (χ2v) is 5.85. The first-order valence-electron chi connectivity index (χ1n) is 7.80. The summed E-state index contributed by atoms with van der Waals surface area (Å²) in [5.74, 6) is 0.189. The van der Waals surface area contributed by atoms with Gasteiger partial charge < -0.3 is 15.8 Å². The van der Waals surface area contributed by atoms with Crippen LogP contribution < -0.4 is 11.1 Å². The molecule has 0 saturated carbocycles. The van der Waals surface area contributed by atoms with E-state index in [1.165, 1.54) is 17.2 Å². The van der Waals surface area contributed by atoms with E-state index >= 15 is 0 Å². The van der Waals surface area contributed by atoms with Crippen LogP contribution in [0.3, 0.4) is 0 Å². The van der Waals surface area contributed by atoms with Gasteiger partial charge in [0.2, 0.25) is 0 Å². The highest BCUT2D eigenvalue weighted by Gasteiger charge is 2.30. The lowest BCUT2D eigenvalue weighted by Crippen LogP contribution is -2.31. The maximum Gasteiger partial charge on any atom is 0.416 e. The van der Waals surface area contributed by atoms with E-state index in [2.05, 4.69) is 16.4 Å². The van der Waals surface area contributed by atoms with Gasteiger partial charge in [-0.1, -0.05) is 30.3 Å². The summed E-state index contributed by atoms with van der Waals surface area (Å²) in [4.78, 5) is 4.10. The van der Waals surface area contributed by atoms with Gasteiger partial charge in [0.1, 0.15) is 0 Å². The van der Waals surface area contributed by atoms with Crippen molar-refractivity contribution in [1.82, 2.24) is 5.32 Å². The van der Waals surface area contributed by atoms with E-state index < -0.39 is 11.7 Å². The highest BCUT2D eigenvalue weighted by atomic mass is 19.4. The predicted molar refractivity (Wildman–Crippen MR) is 88.5 cm³/mol. The summed E-state index contributed by atoms with van der Waals surface area (Å²) in [7, 11) is 0. The molecule has 1 aliphatic heterocycles. The first kappa shape index (κ1) is 17.3. The number of nitrogens with zero attached hydrogens (tertiary/aromatic N) is 1. The van der Waals surface area contributed by atoms with E-state index in [-0.39, 0.29) is 12.5 Å². The van der Waals surface area contributed by atoms with Gasteiger partial charge in [-0.25, -0.2) is 4.99 Å². The molecule has 2 aromatic rings. The number of aliphatic imine (C=N–C) groups is 1. The standard InChI is InChI=1S/C18H18F3N3O/c19-18(20,21)16-3-1-2-12(7-16)8-23-17(22)24-9-13-4-5-14-10-25-11-15(14)6-13/h1-7H,8-11H2,(H3,22,23,24). The molecule has 0 fully saturated rings. The fourth-order valence-electron chi connectivity index (χ4n) is 2.61. The summed E-state index contributed by atoms with van der Waals surface area (Å²) < 4.78 is 43.4. The van der Waals surface area contributed by atoms with Crippen LogP contribution in [0.5, 0.6) is 0 Å². The minimum absolute atomic E-state index is 0.0841. The van der Waals surface area contributed by atoms with Gasteiger partial charge in [0.15, 0.2) is 5.96 Å². The van der Waals surface area contributed by atoms with Crippen LogP contribution in [0.25, 0.3) is 0 Å². The van der Waals surface area contributed by atoms with Crippen molar-refractivity contribution in [3.05, 3.63) is 70.3 Å². The van der Waals surface area contributed by atoms with Crippen LogP contribution in [0.15, 0.2) is 47.5 Å². The zero-order valence-electron chi connectivity index (χ0n) is 13.4. The van der Waals surface area contributed by atoms with Gasteiger partial charge in [0.25, 0.3) is 0 Å². The quantitative estimate of drug-likeness (QED) is 0.657. The van der Waals surface area contributed by atoms with E-state index in [9.17, 15) is 13.2 Å². The molecular weight excluding hydrogens is 331 g/mol. The first-order valence-corrected chi connectivity index (χ1v) is 7.80. The molecule has 0 bridgehead atoms. The number of benzene rings is 2. The molecule has 0 radical (unpaired) electrons. The Hall–Kier alpha value is -2.54. The topological polar surface area (TPSA) is 59.6 Å². The SMILES string of the molecule is NC(=NCc1cccc(C(F)(F)F)c1)NCc1ccc2c(c1)COC2. The highest BCUT2D eigenvalue weighted by molar-refractivity contribution is 5.77. The fraction of sp³-hybridized carbons (Fsp3) is 0.278. The summed E-state index contributed by atoms with van der Waals surface area (Å²) in [5, 5.41) is 2.97. The van der Waals surface area contributed by atoms with Crippen LogP contribution in [-0.2, 0) is 37.2 Å². The largest absolute Gasteiger partial charge is 0.416 e. The number of ether oxygens (including phenoxy) is 1. The Morgan fingerprint density at radius 1 is 1.08 bits per heavy atom. The van der Waals surface area contributed by atoms with Crippen LogP contribution >= 0.6 is 0 Å². The third-order valence-corrected chi connectivity index (χ3v) is 3.95. The summed E-state index contributed by atoms with van der Waals surface area (Å²) in [6.07, 6.45) is -4.36. The number of guanidine groups is 1. The number of hydrogen-bond donors (Lipinski definition) is 2. The molecule has 2 aromatic carbocycles. The Balaban J connectivity index is 1.57. The van der Waals surface area contributed by atoms with E-state index in [1.54, 1.807) is 6.07 Å². The van der Waals surface area contributed by atoms with Gasteiger partial charge >= 0.3 is 6.18 Å². The molecule has 132 valence electrons. The lowest BCUT2D eigenvalue weighted by Gasteiger charge is -2.09. The third-order valence-electron chi connectivity index (χ3n) is 3.95. The van der Waals surface area contributed by atoms with Gasteiger partial charge in [-0.3, -0.25) is 0 Å². The van der Waals surface area contributed by atoms with Crippen LogP contribution in [0.2, 0.25) is 0 Å². The number of rotatable bonds is 4. The molecule has 1 aliphatic rings. The molecule has 0 unspecified atom stereocenters. The van der Waals surface area contributed by atoms with E-state index in [0.717, 1.165) is 17.7 Å². The molecule has 3 N–H and O–H groups in total. The smallest absolute Gasteiger partial charge is 0.372 e. The van der Waals surface area contributed by atoms with Crippen LogP contribution in [-0.4, -0.2) is 5.96 Å². The first-order chi connectivity index (χ1) is 11.9. The molecular formula is C18H18F3N3O. The van der Waals surface area contributed by atoms with Crippen molar-refractivity contribution in [2.45, 2.75) is 32.5 Å². The van der Waals surface area contributed by atoms with Crippen LogP contribution in [0.4, 0.5) is 13.2 Å². The molecule has 0 aliphatic carbocycles. The number of nitrogens with one attached hydrogen (secondary N) is 1. The van der Waals surface area contributed by atoms with Crippen molar-refractivity contribution in [3.63, 3.8) is 0 Å². The maximum atomic E-state index is 12.7. The third kappa shape index (κ3) is 4.51. The van der Waals surface area contributed by atoms with Crippen molar-refractivity contribution >= 4 is 5.96 Å². The van der Waals surface area contributed by atoms with E-state index in [1.807, 2.05) is 12.1 Å². The lowest BCUT2D eigenvalue weighted by atomic mass is 10.1. The Labute approximate surface area is 143 Å². The monoisotopic (exact) mass is 349 g/mol. The fourth-order valence-corrected chi connectivity index (χ4v) is 2.61.